The van der Waals surface area contributed by atoms with Crippen molar-refractivity contribution in [1.29, 1.82) is 0 Å². The number of nitrogens with zero attached hydrogens (tertiary/aromatic N) is 1. The summed E-state index contributed by atoms with van der Waals surface area (Å²) in [6.45, 7) is 4.20. The van der Waals surface area contributed by atoms with Gasteiger partial charge in [0.1, 0.15) is 17.7 Å². The van der Waals surface area contributed by atoms with Crippen LogP contribution in [0.2, 0.25) is 0 Å². The van der Waals surface area contributed by atoms with E-state index in [-0.39, 0.29) is 17.5 Å². The molecule has 3 rings (SSSR count). The van der Waals surface area contributed by atoms with E-state index in [1.807, 2.05) is 38.1 Å². The van der Waals surface area contributed by atoms with Crippen LogP contribution in [0.15, 0.2) is 42.5 Å². The van der Waals surface area contributed by atoms with Gasteiger partial charge in [0.05, 0.1) is 5.69 Å². The topological polar surface area (TPSA) is 61.4 Å². The molecular formula is C20H21F2N3O2. The van der Waals surface area contributed by atoms with Gasteiger partial charge in [-0.05, 0) is 36.1 Å². The molecule has 2 aromatic rings. The highest BCUT2D eigenvalue weighted by Crippen LogP contribution is 2.28. The van der Waals surface area contributed by atoms with Gasteiger partial charge in [0.2, 0.25) is 5.91 Å². The maximum atomic E-state index is 13.7. The second-order valence-electron chi connectivity index (χ2n) is 6.81. The molecule has 0 saturated carbocycles. The summed E-state index contributed by atoms with van der Waals surface area (Å²) in [5.74, 6) is -2.01. The number of hydrogen-bond acceptors (Lipinski definition) is 2. The van der Waals surface area contributed by atoms with Crippen molar-refractivity contribution in [2.45, 2.75) is 26.3 Å². The van der Waals surface area contributed by atoms with Gasteiger partial charge >= 0.3 is 6.03 Å². The first-order chi connectivity index (χ1) is 12.9. The molecule has 1 aliphatic heterocycles. The lowest BCUT2D eigenvalue weighted by molar-refractivity contribution is -0.121. The van der Waals surface area contributed by atoms with Crippen molar-refractivity contribution in [3.63, 3.8) is 0 Å². The number of carbonyl (C=O) groups is 2. The Morgan fingerprint density at radius 1 is 1.11 bits per heavy atom. The molecule has 2 aromatic carbocycles. The van der Waals surface area contributed by atoms with Crippen LogP contribution in [0.5, 0.6) is 0 Å². The molecule has 0 aromatic heterocycles. The highest BCUT2D eigenvalue weighted by molar-refractivity contribution is 6.02. The number of rotatable bonds is 4. The fraction of sp³-hybridized carbons (Fsp3) is 0.300. The fourth-order valence-corrected chi connectivity index (χ4v) is 3.14. The number of benzene rings is 2. The molecule has 142 valence electrons. The minimum absolute atomic E-state index is 0.157. The summed E-state index contributed by atoms with van der Waals surface area (Å²) >= 11 is 0. The summed E-state index contributed by atoms with van der Waals surface area (Å²) in [6, 6.07) is 9.01. The molecule has 0 radical (unpaired) electrons. The van der Waals surface area contributed by atoms with Gasteiger partial charge in [0.25, 0.3) is 0 Å². The zero-order valence-electron chi connectivity index (χ0n) is 15.1. The van der Waals surface area contributed by atoms with E-state index in [1.165, 1.54) is 0 Å². The molecule has 1 heterocycles. The highest BCUT2D eigenvalue weighted by atomic mass is 19.1. The van der Waals surface area contributed by atoms with Crippen molar-refractivity contribution in [1.82, 2.24) is 5.32 Å². The highest BCUT2D eigenvalue weighted by Gasteiger charge is 2.32. The second-order valence-corrected chi connectivity index (χ2v) is 6.81. The maximum absolute atomic E-state index is 13.7. The van der Waals surface area contributed by atoms with Gasteiger partial charge in [0.15, 0.2) is 0 Å². The molecule has 0 bridgehead atoms. The average molecular weight is 373 g/mol. The molecule has 0 aliphatic carbocycles. The molecule has 0 fully saturated rings. The lowest BCUT2D eigenvalue weighted by Crippen LogP contribution is -2.52. The number of fused-ring (bicyclic) bond motifs is 1. The third kappa shape index (κ3) is 4.07. The lowest BCUT2D eigenvalue weighted by Gasteiger charge is -2.27. The Kier molecular flexibility index (Phi) is 5.39. The summed E-state index contributed by atoms with van der Waals surface area (Å²) in [5.41, 5.74) is 1.78. The Balaban J connectivity index is 1.72. The van der Waals surface area contributed by atoms with Crippen LogP contribution >= 0.6 is 0 Å². The second kappa shape index (κ2) is 7.73. The molecular weight excluding hydrogens is 352 g/mol. The molecule has 0 unspecified atom stereocenters. The predicted molar refractivity (Wildman–Crippen MR) is 99.6 cm³/mol. The van der Waals surface area contributed by atoms with Crippen LogP contribution in [-0.2, 0) is 11.2 Å². The Labute approximate surface area is 156 Å². The number of nitrogens with one attached hydrogen (secondary N) is 2. The molecule has 27 heavy (non-hydrogen) atoms. The van der Waals surface area contributed by atoms with Crippen LogP contribution in [0.1, 0.15) is 19.4 Å². The number of hydrogen-bond donors (Lipinski definition) is 2. The number of urea groups is 1. The van der Waals surface area contributed by atoms with Gasteiger partial charge in [0, 0.05) is 18.3 Å². The minimum Gasteiger partial charge on any atom is -0.326 e. The Bertz CT molecular complexity index is 870. The molecule has 5 nitrogen and oxygen atoms in total. The van der Waals surface area contributed by atoms with Gasteiger partial charge in [-0.1, -0.05) is 32.0 Å². The molecule has 1 aliphatic rings. The Morgan fingerprint density at radius 3 is 2.56 bits per heavy atom. The number of para-hydroxylation sites is 1. The van der Waals surface area contributed by atoms with E-state index in [4.69, 9.17) is 0 Å². The monoisotopic (exact) mass is 373 g/mol. The minimum atomic E-state index is -0.883. The van der Waals surface area contributed by atoms with E-state index >= 15 is 0 Å². The first-order valence-electron chi connectivity index (χ1n) is 8.78. The third-order valence-corrected chi connectivity index (χ3v) is 4.55. The summed E-state index contributed by atoms with van der Waals surface area (Å²) in [4.78, 5) is 27.0. The van der Waals surface area contributed by atoms with Crippen molar-refractivity contribution < 1.29 is 18.4 Å². The fourth-order valence-electron chi connectivity index (χ4n) is 3.14. The van der Waals surface area contributed by atoms with Crippen molar-refractivity contribution >= 4 is 23.3 Å². The van der Waals surface area contributed by atoms with E-state index in [0.717, 1.165) is 29.8 Å². The van der Waals surface area contributed by atoms with E-state index in [1.54, 1.807) is 4.90 Å². The third-order valence-electron chi connectivity index (χ3n) is 4.55. The Morgan fingerprint density at radius 2 is 1.85 bits per heavy atom. The van der Waals surface area contributed by atoms with Crippen LogP contribution in [0.4, 0.5) is 25.0 Å². The van der Waals surface area contributed by atoms with Crippen LogP contribution in [-0.4, -0.2) is 24.5 Å². The number of anilines is 2. The standard InChI is InChI=1S/C20H21F2N3O2/c1-12(2)18(19(26)25-10-9-13-5-3-4-6-17(13)25)24-20(27)23-16-8-7-14(21)11-15(16)22/h3-8,11-12,18H,9-10H2,1-2H3,(H2,23,24,27)/t18-/m1/s1. The Hall–Kier alpha value is -2.96. The predicted octanol–water partition coefficient (Wildman–Crippen LogP) is 3.70. The van der Waals surface area contributed by atoms with Crippen molar-refractivity contribution in [2.24, 2.45) is 5.92 Å². The first kappa shape index (κ1) is 18.8. The summed E-state index contributed by atoms with van der Waals surface area (Å²) in [5, 5.41) is 4.94. The molecule has 0 spiro atoms. The van der Waals surface area contributed by atoms with Crippen LogP contribution < -0.4 is 15.5 Å². The summed E-state index contributed by atoms with van der Waals surface area (Å²) in [6.07, 6.45) is 0.764. The van der Waals surface area contributed by atoms with Gasteiger partial charge in [-0.15, -0.1) is 0 Å². The zero-order valence-corrected chi connectivity index (χ0v) is 15.1. The van der Waals surface area contributed by atoms with E-state index in [9.17, 15) is 18.4 Å². The molecule has 2 N–H and O–H groups in total. The van der Waals surface area contributed by atoms with Gasteiger partial charge < -0.3 is 15.5 Å². The first-order valence-corrected chi connectivity index (χ1v) is 8.78. The molecule has 7 heteroatoms. The van der Waals surface area contributed by atoms with E-state index in [0.29, 0.717) is 12.6 Å². The van der Waals surface area contributed by atoms with Gasteiger partial charge in [-0.25, -0.2) is 13.6 Å². The molecule has 1 atom stereocenters. The van der Waals surface area contributed by atoms with Gasteiger partial charge in [-0.3, -0.25) is 4.79 Å². The zero-order chi connectivity index (χ0) is 19.6. The van der Waals surface area contributed by atoms with Crippen LogP contribution in [0.3, 0.4) is 0 Å². The number of amides is 3. The largest absolute Gasteiger partial charge is 0.326 e. The lowest BCUT2D eigenvalue weighted by atomic mass is 10.0. The average Bonchev–Trinajstić information content (AvgIpc) is 3.05. The van der Waals surface area contributed by atoms with Crippen molar-refractivity contribution in [3.05, 3.63) is 59.7 Å². The molecule has 0 saturated heterocycles. The van der Waals surface area contributed by atoms with Crippen LogP contribution in [0, 0.1) is 17.6 Å². The maximum Gasteiger partial charge on any atom is 0.319 e. The summed E-state index contributed by atoms with van der Waals surface area (Å²) < 4.78 is 26.7. The van der Waals surface area contributed by atoms with Crippen molar-refractivity contribution in [2.75, 3.05) is 16.8 Å². The summed E-state index contributed by atoms with van der Waals surface area (Å²) in [7, 11) is 0. The smallest absolute Gasteiger partial charge is 0.319 e. The SMILES string of the molecule is CC(C)[C@@H](NC(=O)Nc1ccc(F)cc1F)C(=O)N1CCc2ccccc21. The quantitative estimate of drug-likeness (QED) is 0.858. The van der Waals surface area contributed by atoms with Crippen molar-refractivity contribution in [3.8, 4) is 0 Å². The molecule has 3 amide bonds. The van der Waals surface area contributed by atoms with E-state index < -0.39 is 23.7 Å². The number of carbonyl (C=O) groups excluding carboxylic acids is 2. The van der Waals surface area contributed by atoms with Gasteiger partial charge in [-0.2, -0.15) is 0 Å². The number of halogens is 2. The van der Waals surface area contributed by atoms with E-state index in [2.05, 4.69) is 10.6 Å². The normalized spacial score (nSPS) is 14.0. The van der Waals surface area contributed by atoms with Crippen LogP contribution in [0.25, 0.3) is 0 Å².